The fourth-order valence-electron chi connectivity index (χ4n) is 5.45. The smallest absolute Gasteiger partial charge is 0.349 e. The third-order valence-corrected chi connectivity index (χ3v) is 7.54. The van der Waals surface area contributed by atoms with Gasteiger partial charge in [-0.25, -0.2) is 9.97 Å². The van der Waals surface area contributed by atoms with E-state index < -0.39 is 11.7 Å². The van der Waals surface area contributed by atoms with Gasteiger partial charge in [-0.15, -0.1) is 0 Å². The lowest BCUT2D eigenvalue weighted by atomic mass is 9.86. The summed E-state index contributed by atoms with van der Waals surface area (Å²) in [4.78, 5) is 14.1. The van der Waals surface area contributed by atoms with E-state index in [0.29, 0.717) is 35.6 Å². The van der Waals surface area contributed by atoms with Crippen LogP contribution >= 0.6 is 0 Å². The van der Waals surface area contributed by atoms with E-state index in [-0.39, 0.29) is 11.6 Å². The largest absolute Gasteiger partial charge is 0.416 e. The third-order valence-electron chi connectivity index (χ3n) is 7.54. The molecule has 5 rings (SSSR count). The lowest BCUT2D eigenvalue weighted by Crippen LogP contribution is -2.31. The van der Waals surface area contributed by atoms with Gasteiger partial charge in [-0.2, -0.15) is 18.2 Å². The summed E-state index contributed by atoms with van der Waals surface area (Å²) < 4.78 is 41.1. The first-order valence-corrected chi connectivity index (χ1v) is 12.4. The number of hydrogen-bond donors (Lipinski definition) is 3. The number of imidazole rings is 1. The molecule has 2 fully saturated rings. The molecule has 0 atom stereocenters. The number of hydrogen-bond acceptors (Lipinski definition) is 6. The van der Waals surface area contributed by atoms with Crippen molar-refractivity contribution in [2.75, 3.05) is 17.2 Å². The Morgan fingerprint density at radius 1 is 1.06 bits per heavy atom. The molecule has 188 valence electrons. The summed E-state index contributed by atoms with van der Waals surface area (Å²) in [6.07, 6.45) is 5.83. The lowest BCUT2D eigenvalue weighted by molar-refractivity contribution is -0.137. The Kier molecular flexibility index (Phi) is 6.33. The van der Waals surface area contributed by atoms with Crippen LogP contribution in [0.15, 0.2) is 30.5 Å². The predicted octanol–water partition coefficient (Wildman–Crippen LogP) is 6.02. The van der Waals surface area contributed by atoms with Gasteiger partial charge in [-0.3, -0.25) is 4.57 Å². The molecule has 0 saturated heterocycles. The molecule has 0 bridgehead atoms. The average Bonchev–Trinajstić information content (AvgIpc) is 3.42. The summed E-state index contributed by atoms with van der Waals surface area (Å²) in [6.45, 7) is 2.89. The number of nitrogens with two attached hydrogens (primary N) is 1. The highest BCUT2D eigenvalue weighted by Gasteiger charge is 2.31. The van der Waals surface area contributed by atoms with Gasteiger partial charge in [-0.05, 0) is 82.2 Å². The molecule has 2 heterocycles. The summed E-state index contributed by atoms with van der Waals surface area (Å²) >= 11 is 0. The number of halogens is 3. The SMILES string of the molecule is CC1(Nc2ncc3nc(Nc4ccc(C(F)(F)F)cc4)n([C@H]4CC[C@@H](CN)CC4)c3n2)CCCC1. The van der Waals surface area contributed by atoms with Crippen LogP contribution in [-0.2, 0) is 6.18 Å². The molecule has 2 aliphatic carbocycles. The molecule has 0 spiro atoms. The topological polar surface area (TPSA) is 93.7 Å². The zero-order valence-electron chi connectivity index (χ0n) is 19.9. The molecular formula is C25H32F3N7. The summed E-state index contributed by atoms with van der Waals surface area (Å²) in [6, 6.07) is 5.18. The molecule has 35 heavy (non-hydrogen) atoms. The number of aromatic nitrogens is 4. The van der Waals surface area contributed by atoms with Gasteiger partial charge in [0.25, 0.3) is 0 Å². The fourth-order valence-corrected chi connectivity index (χ4v) is 5.45. The molecule has 2 aliphatic rings. The van der Waals surface area contributed by atoms with Crippen molar-refractivity contribution in [3.63, 3.8) is 0 Å². The number of rotatable bonds is 6. The second-order valence-corrected chi connectivity index (χ2v) is 10.2. The maximum atomic E-state index is 13.0. The third kappa shape index (κ3) is 5.07. The van der Waals surface area contributed by atoms with Crippen molar-refractivity contribution in [3.8, 4) is 0 Å². The first-order valence-electron chi connectivity index (χ1n) is 12.4. The quantitative estimate of drug-likeness (QED) is 0.393. The number of fused-ring (bicyclic) bond motifs is 1. The van der Waals surface area contributed by atoms with Crippen LogP contribution in [0.4, 0.5) is 30.8 Å². The van der Waals surface area contributed by atoms with E-state index in [2.05, 4.69) is 27.1 Å². The summed E-state index contributed by atoms with van der Waals surface area (Å²) in [5, 5.41) is 6.76. The van der Waals surface area contributed by atoms with E-state index in [1.807, 2.05) is 0 Å². The highest BCUT2D eigenvalue weighted by atomic mass is 19.4. The average molecular weight is 488 g/mol. The summed E-state index contributed by atoms with van der Waals surface area (Å²) in [7, 11) is 0. The monoisotopic (exact) mass is 487 g/mol. The zero-order valence-corrected chi connectivity index (χ0v) is 19.9. The van der Waals surface area contributed by atoms with Gasteiger partial charge in [0.2, 0.25) is 11.9 Å². The van der Waals surface area contributed by atoms with E-state index in [1.54, 1.807) is 6.20 Å². The molecule has 2 saturated carbocycles. The number of anilines is 3. The van der Waals surface area contributed by atoms with E-state index in [0.717, 1.165) is 56.3 Å². The number of benzene rings is 1. The van der Waals surface area contributed by atoms with Crippen LogP contribution in [0.2, 0.25) is 0 Å². The highest BCUT2D eigenvalue weighted by Crippen LogP contribution is 2.38. The molecule has 0 radical (unpaired) electrons. The van der Waals surface area contributed by atoms with Crippen molar-refractivity contribution in [1.29, 1.82) is 0 Å². The van der Waals surface area contributed by atoms with Gasteiger partial charge in [0.05, 0.1) is 11.8 Å². The summed E-state index contributed by atoms with van der Waals surface area (Å²) in [5.41, 5.74) is 7.13. The Morgan fingerprint density at radius 3 is 2.37 bits per heavy atom. The molecule has 10 heteroatoms. The van der Waals surface area contributed by atoms with Crippen molar-refractivity contribution in [2.45, 2.75) is 76.0 Å². The van der Waals surface area contributed by atoms with Crippen molar-refractivity contribution in [2.24, 2.45) is 11.7 Å². The molecule has 1 aromatic carbocycles. The van der Waals surface area contributed by atoms with Gasteiger partial charge >= 0.3 is 6.18 Å². The second kappa shape index (κ2) is 9.29. The fraction of sp³-hybridized carbons (Fsp3) is 0.560. The van der Waals surface area contributed by atoms with Crippen LogP contribution in [0.1, 0.15) is 69.9 Å². The number of alkyl halides is 3. The minimum atomic E-state index is -4.37. The van der Waals surface area contributed by atoms with Crippen molar-refractivity contribution < 1.29 is 13.2 Å². The standard InChI is InChI=1S/C25H32F3N7/c1-24(12-2-3-13-24)34-22-30-15-20-21(33-22)35(19-10-4-16(14-29)5-11-19)23(32-20)31-18-8-6-17(7-9-18)25(26,27)28/h6-9,15-16,19H,2-5,10-14,29H2,1H3,(H,31,32)(H,30,33,34)/t16-,19+. The Hall–Kier alpha value is -2.88. The van der Waals surface area contributed by atoms with E-state index >= 15 is 0 Å². The number of nitrogens with one attached hydrogen (secondary N) is 2. The zero-order chi connectivity index (χ0) is 24.6. The van der Waals surface area contributed by atoms with Gasteiger partial charge in [0.15, 0.2) is 5.65 Å². The molecule has 0 unspecified atom stereocenters. The van der Waals surface area contributed by atoms with Crippen LogP contribution < -0.4 is 16.4 Å². The maximum Gasteiger partial charge on any atom is 0.416 e. The van der Waals surface area contributed by atoms with Crippen LogP contribution in [-0.4, -0.2) is 31.6 Å². The molecule has 0 amide bonds. The maximum absolute atomic E-state index is 13.0. The van der Waals surface area contributed by atoms with E-state index in [4.69, 9.17) is 15.7 Å². The Labute approximate surface area is 202 Å². The van der Waals surface area contributed by atoms with Gasteiger partial charge in [0.1, 0.15) is 5.52 Å². The van der Waals surface area contributed by atoms with Crippen LogP contribution in [0.25, 0.3) is 11.2 Å². The first-order chi connectivity index (χ1) is 16.7. The van der Waals surface area contributed by atoms with Crippen molar-refractivity contribution >= 4 is 28.7 Å². The van der Waals surface area contributed by atoms with Crippen LogP contribution in [0, 0.1) is 5.92 Å². The van der Waals surface area contributed by atoms with E-state index in [9.17, 15) is 13.2 Å². The molecule has 7 nitrogen and oxygen atoms in total. The van der Waals surface area contributed by atoms with Gasteiger partial charge < -0.3 is 16.4 Å². The minimum Gasteiger partial charge on any atom is -0.349 e. The highest BCUT2D eigenvalue weighted by molar-refractivity contribution is 5.76. The van der Waals surface area contributed by atoms with E-state index in [1.165, 1.54) is 25.0 Å². The van der Waals surface area contributed by atoms with Crippen LogP contribution in [0.3, 0.4) is 0 Å². The normalized spacial score (nSPS) is 22.4. The molecule has 4 N–H and O–H groups in total. The lowest BCUT2D eigenvalue weighted by Gasteiger charge is -2.30. The Morgan fingerprint density at radius 2 is 1.74 bits per heavy atom. The van der Waals surface area contributed by atoms with Gasteiger partial charge in [-0.1, -0.05) is 12.8 Å². The Bertz CT molecular complexity index is 1160. The van der Waals surface area contributed by atoms with Crippen LogP contribution in [0.5, 0.6) is 0 Å². The minimum absolute atomic E-state index is 0.0149. The second-order valence-electron chi connectivity index (χ2n) is 10.2. The molecule has 0 aliphatic heterocycles. The predicted molar refractivity (Wildman–Crippen MR) is 131 cm³/mol. The molecule has 2 aromatic heterocycles. The Balaban J connectivity index is 1.49. The number of nitrogens with zero attached hydrogens (tertiary/aromatic N) is 4. The molecular weight excluding hydrogens is 455 g/mol. The first kappa shape index (κ1) is 23.8. The molecule has 3 aromatic rings. The summed E-state index contributed by atoms with van der Waals surface area (Å²) in [5.74, 6) is 1.66. The van der Waals surface area contributed by atoms with Crippen molar-refractivity contribution in [1.82, 2.24) is 19.5 Å². The van der Waals surface area contributed by atoms with Gasteiger partial charge in [0, 0.05) is 17.3 Å². The van der Waals surface area contributed by atoms with Crippen molar-refractivity contribution in [3.05, 3.63) is 36.0 Å².